The summed E-state index contributed by atoms with van der Waals surface area (Å²) in [6, 6.07) is 4.69. The predicted octanol–water partition coefficient (Wildman–Crippen LogP) is 2.25. The van der Waals surface area contributed by atoms with E-state index in [1.54, 1.807) is 25.3 Å². The van der Waals surface area contributed by atoms with Crippen LogP contribution in [0.25, 0.3) is 0 Å². The Balaban J connectivity index is 2.61. The lowest BCUT2D eigenvalue weighted by molar-refractivity contribution is -0.117. The second-order valence-corrected chi connectivity index (χ2v) is 5.10. The van der Waals surface area contributed by atoms with Gasteiger partial charge in [0.05, 0.1) is 11.7 Å². The number of carbonyl (C=O) groups excluding carboxylic acids is 1. The SMILES string of the molecule is COCCC(N)C(=O)Nc1ccc(Cl)cc1I. The molecule has 6 heteroatoms. The number of amides is 1. The van der Waals surface area contributed by atoms with Gasteiger partial charge in [0.15, 0.2) is 0 Å². The summed E-state index contributed by atoms with van der Waals surface area (Å²) in [5.41, 5.74) is 6.43. The average molecular weight is 369 g/mol. The number of ether oxygens (including phenoxy) is 1. The zero-order valence-corrected chi connectivity index (χ0v) is 12.3. The highest BCUT2D eigenvalue weighted by molar-refractivity contribution is 14.1. The van der Waals surface area contributed by atoms with E-state index in [9.17, 15) is 4.79 Å². The lowest BCUT2D eigenvalue weighted by Crippen LogP contribution is -2.36. The van der Waals surface area contributed by atoms with Gasteiger partial charge >= 0.3 is 0 Å². The average Bonchev–Trinajstić information content (AvgIpc) is 2.29. The van der Waals surface area contributed by atoms with Crippen LogP contribution in [-0.2, 0) is 9.53 Å². The molecule has 1 rings (SSSR count). The molecule has 0 aliphatic heterocycles. The highest BCUT2D eigenvalue weighted by atomic mass is 127. The number of hydrogen-bond donors (Lipinski definition) is 2. The van der Waals surface area contributed by atoms with Gasteiger partial charge in [-0.3, -0.25) is 4.79 Å². The number of rotatable bonds is 5. The normalized spacial score (nSPS) is 12.2. The number of halogens is 2. The van der Waals surface area contributed by atoms with E-state index >= 15 is 0 Å². The number of anilines is 1. The first-order valence-corrected chi connectivity index (χ1v) is 6.50. The fourth-order valence-electron chi connectivity index (χ4n) is 1.19. The van der Waals surface area contributed by atoms with Gasteiger partial charge in [0.1, 0.15) is 0 Å². The van der Waals surface area contributed by atoms with E-state index in [2.05, 4.69) is 27.9 Å². The Morgan fingerprint density at radius 3 is 2.94 bits per heavy atom. The Kier molecular flexibility index (Phi) is 6.18. The van der Waals surface area contributed by atoms with E-state index in [4.69, 9.17) is 22.1 Å². The molecule has 1 aromatic carbocycles. The molecule has 1 amide bonds. The number of nitrogens with two attached hydrogens (primary N) is 1. The van der Waals surface area contributed by atoms with Crippen LogP contribution in [0.1, 0.15) is 6.42 Å². The number of carbonyl (C=O) groups is 1. The van der Waals surface area contributed by atoms with Crippen molar-refractivity contribution in [3.63, 3.8) is 0 Å². The summed E-state index contributed by atoms with van der Waals surface area (Å²) in [7, 11) is 1.58. The lowest BCUT2D eigenvalue weighted by atomic mass is 10.2. The maximum Gasteiger partial charge on any atom is 0.241 e. The highest BCUT2D eigenvalue weighted by Crippen LogP contribution is 2.22. The molecule has 0 saturated heterocycles. The fourth-order valence-corrected chi connectivity index (χ4v) is 2.20. The molecule has 0 heterocycles. The standard InChI is InChI=1S/C11H14ClIN2O2/c1-17-5-4-9(14)11(16)15-10-3-2-7(12)6-8(10)13/h2-3,6,9H,4-5,14H2,1H3,(H,15,16). The molecule has 0 aliphatic carbocycles. The van der Waals surface area contributed by atoms with Crippen molar-refractivity contribution in [2.75, 3.05) is 19.0 Å². The van der Waals surface area contributed by atoms with Gasteiger partial charge in [0.25, 0.3) is 0 Å². The highest BCUT2D eigenvalue weighted by Gasteiger charge is 2.14. The minimum atomic E-state index is -0.568. The molecule has 0 saturated carbocycles. The van der Waals surface area contributed by atoms with Gasteiger partial charge in [-0.1, -0.05) is 11.6 Å². The van der Waals surface area contributed by atoms with Crippen LogP contribution in [-0.4, -0.2) is 25.7 Å². The monoisotopic (exact) mass is 368 g/mol. The Labute approximate surface area is 119 Å². The van der Waals surface area contributed by atoms with Crippen LogP contribution in [0.3, 0.4) is 0 Å². The minimum Gasteiger partial charge on any atom is -0.385 e. The second-order valence-electron chi connectivity index (χ2n) is 3.50. The van der Waals surface area contributed by atoms with Crippen LogP contribution in [0.2, 0.25) is 5.02 Å². The van der Waals surface area contributed by atoms with E-state index in [1.165, 1.54) is 0 Å². The van der Waals surface area contributed by atoms with Gasteiger partial charge in [0.2, 0.25) is 5.91 Å². The topological polar surface area (TPSA) is 64.3 Å². The molecule has 1 atom stereocenters. The van der Waals surface area contributed by atoms with Gasteiger partial charge in [-0.05, 0) is 47.2 Å². The largest absolute Gasteiger partial charge is 0.385 e. The van der Waals surface area contributed by atoms with Crippen LogP contribution < -0.4 is 11.1 Å². The van der Waals surface area contributed by atoms with E-state index in [-0.39, 0.29) is 5.91 Å². The summed E-state index contributed by atoms with van der Waals surface area (Å²) >= 11 is 7.93. The Bertz CT molecular complexity index is 401. The van der Waals surface area contributed by atoms with Crippen molar-refractivity contribution in [3.8, 4) is 0 Å². The van der Waals surface area contributed by atoms with Crippen molar-refractivity contribution in [2.24, 2.45) is 5.73 Å². The second kappa shape index (κ2) is 7.15. The fraction of sp³-hybridized carbons (Fsp3) is 0.364. The zero-order chi connectivity index (χ0) is 12.8. The Morgan fingerprint density at radius 1 is 1.65 bits per heavy atom. The quantitative estimate of drug-likeness (QED) is 0.784. The first-order valence-electron chi connectivity index (χ1n) is 5.05. The molecule has 0 bridgehead atoms. The third kappa shape index (κ3) is 4.79. The maximum absolute atomic E-state index is 11.7. The molecule has 3 N–H and O–H groups in total. The molecular weight excluding hydrogens is 354 g/mol. The molecule has 0 fully saturated rings. The number of nitrogens with one attached hydrogen (secondary N) is 1. The van der Waals surface area contributed by atoms with Crippen molar-refractivity contribution in [2.45, 2.75) is 12.5 Å². The van der Waals surface area contributed by atoms with E-state index in [1.807, 2.05) is 0 Å². The molecule has 1 unspecified atom stereocenters. The first kappa shape index (κ1) is 14.7. The van der Waals surface area contributed by atoms with Crippen LogP contribution in [0.5, 0.6) is 0 Å². The molecule has 1 aromatic rings. The maximum atomic E-state index is 11.7. The third-order valence-corrected chi connectivity index (χ3v) is 3.29. The summed E-state index contributed by atoms with van der Waals surface area (Å²) < 4.78 is 5.75. The van der Waals surface area contributed by atoms with Crippen molar-refractivity contribution >= 4 is 45.8 Å². The third-order valence-electron chi connectivity index (χ3n) is 2.16. The van der Waals surface area contributed by atoms with E-state index < -0.39 is 6.04 Å². The molecular formula is C11H14ClIN2O2. The number of benzene rings is 1. The van der Waals surface area contributed by atoms with Gasteiger partial charge in [-0.25, -0.2) is 0 Å². The Hall–Kier alpha value is -0.370. The summed E-state index contributed by atoms with van der Waals surface area (Å²) in [4.78, 5) is 11.7. The summed E-state index contributed by atoms with van der Waals surface area (Å²) in [6.45, 7) is 0.465. The van der Waals surface area contributed by atoms with Crippen molar-refractivity contribution in [1.29, 1.82) is 0 Å². The first-order chi connectivity index (χ1) is 8.04. The molecule has 17 heavy (non-hydrogen) atoms. The van der Waals surface area contributed by atoms with Crippen LogP contribution in [0.15, 0.2) is 18.2 Å². The minimum absolute atomic E-state index is 0.220. The predicted molar refractivity (Wildman–Crippen MR) is 77.3 cm³/mol. The molecule has 0 aliphatic rings. The molecule has 0 radical (unpaired) electrons. The van der Waals surface area contributed by atoms with E-state index in [0.29, 0.717) is 23.7 Å². The smallest absolute Gasteiger partial charge is 0.241 e. The van der Waals surface area contributed by atoms with Crippen LogP contribution >= 0.6 is 34.2 Å². The molecule has 94 valence electrons. The molecule has 0 aromatic heterocycles. The van der Waals surface area contributed by atoms with Crippen molar-refractivity contribution in [1.82, 2.24) is 0 Å². The zero-order valence-electron chi connectivity index (χ0n) is 9.37. The lowest BCUT2D eigenvalue weighted by Gasteiger charge is -2.12. The summed E-state index contributed by atoms with van der Waals surface area (Å²) in [5.74, 6) is -0.220. The van der Waals surface area contributed by atoms with E-state index in [0.717, 1.165) is 3.57 Å². The van der Waals surface area contributed by atoms with Gasteiger partial charge in [-0.2, -0.15) is 0 Å². The van der Waals surface area contributed by atoms with Crippen LogP contribution in [0.4, 0.5) is 5.69 Å². The number of hydrogen-bond acceptors (Lipinski definition) is 3. The number of methoxy groups -OCH3 is 1. The summed E-state index contributed by atoms with van der Waals surface area (Å²) in [5, 5.41) is 3.40. The van der Waals surface area contributed by atoms with Crippen LogP contribution in [0, 0.1) is 3.57 Å². The molecule has 0 spiro atoms. The van der Waals surface area contributed by atoms with Gasteiger partial charge in [0, 0.05) is 22.3 Å². The van der Waals surface area contributed by atoms with Crippen molar-refractivity contribution in [3.05, 3.63) is 26.8 Å². The van der Waals surface area contributed by atoms with Gasteiger partial charge < -0.3 is 15.8 Å². The van der Waals surface area contributed by atoms with Crippen molar-refractivity contribution < 1.29 is 9.53 Å². The Morgan fingerprint density at radius 2 is 2.35 bits per heavy atom. The molecule has 4 nitrogen and oxygen atoms in total. The van der Waals surface area contributed by atoms with Gasteiger partial charge in [-0.15, -0.1) is 0 Å². The summed E-state index contributed by atoms with van der Waals surface area (Å²) in [6.07, 6.45) is 0.493.